The number of hydrogen-bond donors (Lipinski definition) is 1. The molecule has 0 unspecified atom stereocenters. The Hall–Kier alpha value is -2.11. The zero-order valence-electron chi connectivity index (χ0n) is 10.8. The lowest BCUT2D eigenvalue weighted by molar-refractivity contribution is 0.0528. The van der Waals surface area contributed by atoms with E-state index in [0.717, 1.165) is 18.3 Å². The van der Waals surface area contributed by atoms with Crippen LogP contribution in [-0.4, -0.2) is 33.7 Å². The zero-order valence-corrected chi connectivity index (χ0v) is 10.8. The summed E-state index contributed by atoms with van der Waals surface area (Å²) in [6.07, 6.45) is 5.86. The summed E-state index contributed by atoms with van der Waals surface area (Å²) in [6.45, 7) is 3.06. The van der Waals surface area contributed by atoms with Gasteiger partial charge in [-0.3, -0.25) is 0 Å². The van der Waals surface area contributed by atoms with Crippen LogP contribution in [0, 0.1) is 5.92 Å². The highest BCUT2D eigenvalue weighted by molar-refractivity contribution is 5.95. The standard InChI is InChI=1S/C13H16N4O2/c1-2-19-13(18)10-8-15-17-6-5-11(16-12(10)17)14-7-9-3-4-9/h5-6,8-9H,2-4,7H2,1H3,(H,14,16). The third-order valence-corrected chi connectivity index (χ3v) is 3.13. The van der Waals surface area contributed by atoms with Crippen LogP contribution < -0.4 is 5.32 Å². The molecule has 0 atom stereocenters. The first-order valence-electron chi connectivity index (χ1n) is 6.53. The Bertz CT molecular complexity index is 604. The summed E-state index contributed by atoms with van der Waals surface area (Å²) in [5.74, 6) is 1.15. The maximum atomic E-state index is 11.8. The van der Waals surface area contributed by atoms with Crippen molar-refractivity contribution < 1.29 is 9.53 Å². The zero-order chi connectivity index (χ0) is 13.2. The van der Waals surface area contributed by atoms with E-state index in [4.69, 9.17) is 4.74 Å². The molecule has 0 bridgehead atoms. The largest absolute Gasteiger partial charge is 0.462 e. The Morgan fingerprint density at radius 3 is 3.16 bits per heavy atom. The fraction of sp³-hybridized carbons (Fsp3) is 0.462. The number of nitrogens with one attached hydrogen (secondary N) is 1. The summed E-state index contributed by atoms with van der Waals surface area (Å²) in [5, 5.41) is 7.38. The van der Waals surface area contributed by atoms with E-state index in [2.05, 4.69) is 15.4 Å². The van der Waals surface area contributed by atoms with Crippen molar-refractivity contribution in [1.29, 1.82) is 0 Å². The molecule has 3 rings (SSSR count). The van der Waals surface area contributed by atoms with E-state index < -0.39 is 0 Å². The molecule has 0 spiro atoms. The number of nitrogens with zero attached hydrogens (tertiary/aromatic N) is 3. The van der Waals surface area contributed by atoms with Gasteiger partial charge in [-0.2, -0.15) is 5.10 Å². The number of hydrogen-bond acceptors (Lipinski definition) is 5. The van der Waals surface area contributed by atoms with Gasteiger partial charge in [0, 0.05) is 12.7 Å². The quantitative estimate of drug-likeness (QED) is 0.829. The van der Waals surface area contributed by atoms with Crippen molar-refractivity contribution in [2.45, 2.75) is 19.8 Å². The van der Waals surface area contributed by atoms with Crippen LogP contribution in [-0.2, 0) is 4.74 Å². The van der Waals surface area contributed by atoms with Crippen molar-refractivity contribution in [3.8, 4) is 0 Å². The van der Waals surface area contributed by atoms with Gasteiger partial charge in [-0.15, -0.1) is 0 Å². The maximum Gasteiger partial charge on any atom is 0.343 e. The van der Waals surface area contributed by atoms with Crippen LogP contribution in [0.5, 0.6) is 0 Å². The molecule has 1 aliphatic carbocycles. The molecule has 1 N–H and O–H groups in total. The number of ether oxygens (including phenoxy) is 1. The van der Waals surface area contributed by atoms with Gasteiger partial charge in [0.05, 0.1) is 12.8 Å². The van der Waals surface area contributed by atoms with E-state index in [1.807, 2.05) is 6.07 Å². The molecule has 2 aromatic rings. The lowest BCUT2D eigenvalue weighted by Crippen LogP contribution is -2.08. The first-order valence-corrected chi connectivity index (χ1v) is 6.53. The Kier molecular flexibility index (Phi) is 3.06. The normalized spacial score (nSPS) is 14.6. The number of anilines is 1. The number of rotatable bonds is 5. The second-order valence-corrected chi connectivity index (χ2v) is 4.68. The highest BCUT2D eigenvalue weighted by Gasteiger charge is 2.21. The van der Waals surface area contributed by atoms with Gasteiger partial charge in [0.1, 0.15) is 11.4 Å². The summed E-state index contributed by atoms with van der Waals surface area (Å²) < 4.78 is 6.57. The second-order valence-electron chi connectivity index (χ2n) is 4.68. The lowest BCUT2D eigenvalue weighted by atomic mass is 10.3. The lowest BCUT2D eigenvalue weighted by Gasteiger charge is -2.05. The molecule has 1 saturated carbocycles. The molecule has 0 amide bonds. The average molecular weight is 260 g/mol. The number of carbonyl (C=O) groups is 1. The SMILES string of the molecule is CCOC(=O)c1cnn2ccc(NCC3CC3)nc12. The molecule has 2 aromatic heterocycles. The number of carbonyl (C=O) groups excluding carboxylic acids is 1. The molecule has 0 saturated heterocycles. The van der Waals surface area contributed by atoms with E-state index in [1.54, 1.807) is 17.6 Å². The van der Waals surface area contributed by atoms with Gasteiger partial charge in [0.15, 0.2) is 5.65 Å². The fourth-order valence-electron chi connectivity index (χ4n) is 1.89. The average Bonchev–Trinajstić information content (AvgIpc) is 3.14. The number of aromatic nitrogens is 3. The Morgan fingerprint density at radius 2 is 2.42 bits per heavy atom. The smallest absolute Gasteiger partial charge is 0.343 e. The van der Waals surface area contributed by atoms with Gasteiger partial charge >= 0.3 is 5.97 Å². The van der Waals surface area contributed by atoms with Crippen LogP contribution >= 0.6 is 0 Å². The number of esters is 1. The number of fused-ring (bicyclic) bond motifs is 1. The van der Waals surface area contributed by atoms with Crippen molar-refractivity contribution in [2.24, 2.45) is 5.92 Å². The van der Waals surface area contributed by atoms with Crippen LogP contribution in [0.1, 0.15) is 30.1 Å². The minimum absolute atomic E-state index is 0.343. The second kappa shape index (κ2) is 4.87. The molecule has 19 heavy (non-hydrogen) atoms. The minimum Gasteiger partial charge on any atom is -0.462 e. The summed E-state index contributed by atoms with van der Waals surface area (Å²) in [6, 6.07) is 1.86. The van der Waals surface area contributed by atoms with Crippen molar-refractivity contribution in [1.82, 2.24) is 14.6 Å². The summed E-state index contributed by atoms with van der Waals surface area (Å²) in [5.41, 5.74) is 0.927. The molecular formula is C13H16N4O2. The van der Waals surface area contributed by atoms with E-state index in [0.29, 0.717) is 17.8 Å². The third-order valence-electron chi connectivity index (χ3n) is 3.13. The van der Waals surface area contributed by atoms with E-state index in [9.17, 15) is 4.79 Å². The monoisotopic (exact) mass is 260 g/mol. The Balaban J connectivity index is 1.86. The highest BCUT2D eigenvalue weighted by atomic mass is 16.5. The van der Waals surface area contributed by atoms with Crippen molar-refractivity contribution in [2.75, 3.05) is 18.5 Å². The Labute approximate surface area is 110 Å². The van der Waals surface area contributed by atoms with Gasteiger partial charge in [-0.05, 0) is 31.7 Å². The molecule has 0 radical (unpaired) electrons. The summed E-state index contributed by atoms with van der Waals surface area (Å²) in [4.78, 5) is 16.2. The van der Waals surface area contributed by atoms with Gasteiger partial charge in [0.25, 0.3) is 0 Å². The molecule has 0 aliphatic heterocycles. The van der Waals surface area contributed by atoms with Crippen LogP contribution in [0.3, 0.4) is 0 Å². The molecule has 2 heterocycles. The maximum absolute atomic E-state index is 11.8. The van der Waals surface area contributed by atoms with Gasteiger partial charge in [0.2, 0.25) is 0 Å². The van der Waals surface area contributed by atoms with Gasteiger partial charge < -0.3 is 10.1 Å². The van der Waals surface area contributed by atoms with Crippen LogP contribution in [0.4, 0.5) is 5.82 Å². The molecule has 100 valence electrons. The predicted molar refractivity (Wildman–Crippen MR) is 70.2 cm³/mol. The third kappa shape index (κ3) is 2.52. The van der Waals surface area contributed by atoms with Crippen LogP contribution in [0.15, 0.2) is 18.5 Å². The Morgan fingerprint density at radius 1 is 1.58 bits per heavy atom. The van der Waals surface area contributed by atoms with E-state index in [1.165, 1.54) is 19.0 Å². The molecule has 6 heteroatoms. The molecule has 0 aromatic carbocycles. The first-order chi connectivity index (χ1) is 9.28. The molecule has 1 fully saturated rings. The summed E-state index contributed by atoms with van der Waals surface area (Å²) >= 11 is 0. The molecular weight excluding hydrogens is 244 g/mol. The van der Waals surface area contributed by atoms with Crippen LogP contribution in [0.2, 0.25) is 0 Å². The highest BCUT2D eigenvalue weighted by Crippen LogP contribution is 2.28. The van der Waals surface area contributed by atoms with Crippen LogP contribution in [0.25, 0.3) is 5.65 Å². The molecule has 6 nitrogen and oxygen atoms in total. The fourth-order valence-corrected chi connectivity index (χ4v) is 1.89. The topological polar surface area (TPSA) is 68.5 Å². The van der Waals surface area contributed by atoms with E-state index in [-0.39, 0.29) is 5.97 Å². The van der Waals surface area contributed by atoms with Crippen molar-refractivity contribution >= 4 is 17.4 Å². The van der Waals surface area contributed by atoms with Gasteiger partial charge in [-0.1, -0.05) is 0 Å². The summed E-state index contributed by atoms with van der Waals surface area (Å²) in [7, 11) is 0. The first kappa shape index (κ1) is 12.0. The molecule has 1 aliphatic rings. The van der Waals surface area contributed by atoms with Gasteiger partial charge in [-0.25, -0.2) is 14.3 Å². The van der Waals surface area contributed by atoms with Crippen molar-refractivity contribution in [3.05, 3.63) is 24.0 Å². The predicted octanol–water partition coefficient (Wildman–Crippen LogP) is 1.73. The van der Waals surface area contributed by atoms with E-state index >= 15 is 0 Å². The van der Waals surface area contributed by atoms with Crippen molar-refractivity contribution in [3.63, 3.8) is 0 Å². The minimum atomic E-state index is -0.385.